The Morgan fingerprint density at radius 2 is 1.86 bits per heavy atom. The summed E-state index contributed by atoms with van der Waals surface area (Å²) in [4.78, 5) is 13.1. The van der Waals surface area contributed by atoms with Gasteiger partial charge in [0.25, 0.3) is 0 Å². The first-order valence-corrected chi connectivity index (χ1v) is 8.61. The van der Waals surface area contributed by atoms with Crippen LogP contribution in [0.3, 0.4) is 0 Å². The number of benzene rings is 1. The number of hydrogen-bond donors (Lipinski definition) is 2. The van der Waals surface area contributed by atoms with Crippen molar-refractivity contribution in [2.75, 3.05) is 11.9 Å². The van der Waals surface area contributed by atoms with Gasteiger partial charge in [0, 0.05) is 24.0 Å². The molecule has 0 amide bonds. The maximum absolute atomic E-state index is 12.9. The fraction of sp³-hybridized carbons (Fsp3) is 0.250. The molecule has 0 bridgehead atoms. The van der Waals surface area contributed by atoms with Crippen LogP contribution in [0.4, 0.5) is 19.0 Å². The summed E-state index contributed by atoms with van der Waals surface area (Å²) in [5, 5.41) is 13.3. The summed E-state index contributed by atoms with van der Waals surface area (Å²) in [6.07, 6.45) is -3.95. The Morgan fingerprint density at radius 1 is 1.07 bits per heavy atom. The fourth-order valence-electron chi connectivity index (χ4n) is 2.64. The summed E-state index contributed by atoms with van der Waals surface area (Å²) in [5.74, 6) is 0.930. The molecule has 5 nitrogen and oxygen atoms in total. The molecule has 0 saturated heterocycles. The number of aliphatic hydroxyl groups is 1. The maximum Gasteiger partial charge on any atom is 0.416 e. The SMILES string of the molecule is Cc1nc(-c2ccccn2)nc(NCC(O)c2cccc(C(F)(F)F)c2)c1C. The molecule has 1 aromatic carbocycles. The summed E-state index contributed by atoms with van der Waals surface area (Å²) in [6, 6.07) is 10.1. The van der Waals surface area contributed by atoms with Crippen molar-refractivity contribution in [2.24, 2.45) is 0 Å². The number of aliphatic hydroxyl groups excluding tert-OH is 1. The van der Waals surface area contributed by atoms with Crippen LogP contribution in [-0.2, 0) is 6.18 Å². The minimum Gasteiger partial charge on any atom is -0.387 e. The smallest absolute Gasteiger partial charge is 0.387 e. The van der Waals surface area contributed by atoms with Gasteiger partial charge in [0.15, 0.2) is 5.82 Å². The summed E-state index contributed by atoms with van der Waals surface area (Å²) in [6.45, 7) is 3.66. The zero-order valence-electron chi connectivity index (χ0n) is 15.3. The standard InChI is InChI=1S/C20H19F3N4O/c1-12-13(2)26-19(16-8-3-4-9-24-16)27-18(12)25-11-17(28)14-6-5-7-15(10-14)20(21,22)23/h3-10,17,28H,11H2,1-2H3,(H,25,26,27). The van der Waals surface area contributed by atoms with Gasteiger partial charge in [0.1, 0.15) is 11.5 Å². The number of alkyl halides is 3. The Balaban J connectivity index is 1.80. The number of rotatable bonds is 5. The quantitative estimate of drug-likeness (QED) is 0.681. The minimum atomic E-state index is -4.46. The molecular formula is C20H19F3N4O. The molecule has 0 saturated carbocycles. The molecule has 2 aromatic heterocycles. The lowest BCUT2D eigenvalue weighted by Gasteiger charge is -2.17. The normalized spacial score (nSPS) is 12.6. The highest BCUT2D eigenvalue weighted by molar-refractivity contribution is 5.56. The van der Waals surface area contributed by atoms with Crippen molar-refractivity contribution in [3.05, 3.63) is 71.0 Å². The molecule has 3 rings (SSSR count). The third kappa shape index (κ3) is 4.45. The molecule has 2 N–H and O–H groups in total. The Kier molecular flexibility index (Phi) is 5.60. The van der Waals surface area contributed by atoms with Crippen molar-refractivity contribution >= 4 is 5.82 Å². The van der Waals surface area contributed by atoms with Gasteiger partial charge in [0.2, 0.25) is 0 Å². The number of hydrogen-bond acceptors (Lipinski definition) is 5. The van der Waals surface area contributed by atoms with Crippen molar-refractivity contribution in [3.8, 4) is 11.5 Å². The van der Waals surface area contributed by atoms with E-state index < -0.39 is 17.8 Å². The van der Waals surface area contributed by atoms with E-state index in [0.29, 0.717) is 17.3 Å². The lowest BCUT2D eigenvalue weighted by atomic mass is 10.1. The van der Waals surface area contributed by atoms with Gasteiger partial charge in [-0.3, -0.25) is 4.98 Å². The molecule has 0 aliphatic carbocycles. The van der Waals surface area contributed by atoms with Gasteiger partial charge in [0.05, 0.1) is 11.7 Å². The number of aromatic nitrogens is 3. The first-order valence-electron chi connectivity index (χ1n) is 8.61. The highest BCUT2D eigenvalue weighted by Crippen LogP contribution is 2.31. The molecular weight excluding hydrogens is 369 g/mol. The molecule has 3 aromatic rings. The molecule has 0 radical (unpaired) electrons. The van der Waals surface area contributed by atoms with Gasteiger partial charge >= 0.3 is 6.18 Å². The van der Waals surface area contributed by atoms with Gasteiger partial charge in [-0.25, -0.2) is 9.97 Å². The Morgan fingerprint density at radius 3 is 2.54 bits per heavy atom. The van der Waals surface area contributed by atoms with Crippen LogP contribution in [0, 0.1) is 13.8 Å². The molecule has 1 atom stereocenters. The van der Waals surface area contributed by atoms with Gasteiger partial charge in [-0.05, 0) is 43.7 Å². The van der Waals surface area contributed by atoms with E-state index in [1.807, 2.05) is 19.9 Å². The third-order valence-corrected chi connectivity index (χ3v) is 4.34. The van der Waals surface area contributed by atoms with E-state index in [1.54, 1.807) is 18.3 Å². The van der Waals surface area contributed by atoms with E-state index in [2.05, 4.69) is 20.3 Å². The average molecular weight is 388 g/mol. The number of nitrogens with zero attached hydrogens (tertiary/aromatic N) is 3. The van der Waals surface area contributed by atoms with Crippen LogP contribution in [0.2, 0.25) is 0 Å². The van der Waals surface area contributed by atoms with E-state index in [4.69, 9.17) is 0 Å². The monoisotopic (exact) mass is 388 g/mol. The van der Waals surface area contributed by atoms with Crippen molar-refractivity contribution < 1.29 is 18.3 Å². The van der Waals surface area contributed by atoms with Gasteiger partial charge in [-0.1, -0.05) is 18.2 Å². The predicted octanol–water partition coefficient (Wildman–Crippen LogP) is 4.32. The average Bonchev–Trinajstić information content (AvgIpc) is 2.69. The van der Waals surface area contributed by atoms with Crippen LogP contribution in [0.15, 0.2) is 48.7 Å². The molecule has 0 aliphatic heterocycles. The first-order chi connectivity index (χ1) is 13.3. The Hall–Kier alpha value is -3.00. The largest absolute Gasteiger partial charge is 0.416 e. The lowest BCUT2D eigenvalue weighted by molar-refractivity contribution is -0.137. The molecule has 8 heteroatoms. The van der Waals surface area contributed by atoms with E-state index >= 15 is 0 Å². The topological polar surface area (TPSA) is 70.9 Å². The summed E-state index contributed by atoms with van der Waals surface area (Å²) in [7, 11) is 0. The van der Waals surface area contributed by atoms with Crippen LogP contribution in [-0.4, -0.2) is 26.6 Å². The van der Waals surface area contributed by atoms with Crippen LogP contribution in [0.5, 0.6) is 0 Å². The second-order valence-corrected chi connectivity index (χ2v) is 6.34. The van der Waals surface area contributed by atoms with Gasteiger partial charge in [-0.2, -0.15) is 13.2 Å². The number of halogens is 3. The van der Waals surface area contributed by atoms with E-state index in [9.17, 15) is 18.3 Å². The molecule has 28 heavy (non-hydrogen) atoms. The van der Waals surface area contributed by atoms with Crippen LogP contribution >= 0.6 is 0 Å². The second-order valence-electron chi connectivity index (χ2n) is 6.34. The van der Waals surface area contributed by atoms with Crippen LogP contribution in [0.25, 0.3) is 11.5 Å². The molecule has 2 heterocycles. The van der Waals surface area contributed by atoms with Crippen molar-refractivity contribution in [1.82, 2.24) is 15.0 Å². The maximum atomic E-state index is 12.9. The van der Waals surface area contributed by atoms with Crippen molar-refractivity contribution in [2.45, 2.75) is 26.1 Å². The molecule has 0 fully saturated rings. The van der Waals surface area contributed by atoms with Gasteiger partial charge in [-0.15, -0.1) is 0 Å². The number of pyridine rings is 1. The zero-order valence-corrected chi connectivity index (χ0v) is 15.3. The summed E-state index contributed by atoms with van der Waals surface area (Å²) in [5.41, 5.74) is 1.51. The highest BCUT2D eigenvalue weighted by atomic mass is 19.4. The molecule has 1 unspecified atom stereocenters. The second kappa shape index (κ2) is 7.93. The molecule has 0 spiro atoms. The number of anilines is 1. The van der Waals surface area contributed by atoms with E-state index in [1.165, 1.54) is 12.1 Å². The van der Waals surface area contributed by atoms with E-state index in [-0.39, 0.29) is 12.1 Å². The van der Waals surface area contributed by atoms with Crippen molar-refractivity contribution in [3.63, 3.8) is 0 Å². The fourth-order valence-corrected chi connectivity index (χ4v) is 2.64. The lowest BCUT2D eigenvalue weighted by Crippen LogP contribution is -2.16. The Labute approximate surface area is 160 Å². The van der Waals surface area contributed by atoms with Gasteiger partial charge < -0.3 is 10.4 Å². The molecule has 146 valence electrons. The predicted molar refractivity (Wildman–Crippen MR) is 99.6 cm³/mol. The zero-order chi connectivity index (χ0) is 20.3. The minimum absolute atomic E-state index is 0.000260. The summed E-state index contributed by atoms with van der Waals surface area (Å²) < 4.78 is 38.6. The third-order valence-electron chi connectivity index (χ3n) is 4.34. The molecule has 0 aliphatic rings. The highest BCUT2D eigenvalue weighted by Gasteiger charge is 2.30. The van der Waals surface area contributed by atoms with Crippen molar-refractivity contribution in [1.29, 1.82) is 0 Å². The number of nitrogens with one attached hydrogen (secondary N) is 1. The van der Waals surface area contributed by atoms with Crippen LogP contribution < -0.4 is 5.32 Å². The number of aryl methyl sites for hydroxylation is 1. The Bertz CT molecular complexity index is 961. The first kappa shape index (κ1) is 19.8. The summed E-state index contributed by atoms with van der Waals surface area (Å²) >= 11 is 0. The van der Waals surface area contributed by atoms with E-state index in [0.717, 1.165) is 23.4 Å². The van der Waals surface area contributed by atoms with Crippen LogP contribution in [0.1, 0.15) is 28.5 Å².